The molecule has 0 aromatic carbocycles. The molecular weight excluding hydrogens is 152 g/mol. The second kappa shape index (κ2) is 2.71. The summed E-state index contributed by atoms with van der Waals surface area (Å²) >= 11 is 0. The zero-order chi connectivity index (χ0) is 8.66. The summed E-state index contributed by atoms with van der Waals surface area (Å²) in [5, 5.41) is 9.03. The first-order valence-corrected chi connectivity index (χ1v) is 4.99. The van der Waals surface area contributed by atoms with Crippen LogP contribution in [0.2, 0.25) is 0 Å². The SMILES string of the molecule is CC1(CO)CC2(CCCCC2)O1. The van der Waals surface area contributed by atoms with Crippen LogP contribution in [0.25, 0.3) is 0 Å². The van der Waals surface area contributed by atoms with Crippen LogP contribution in [0.1, 0.15) is 45.4 Å². The molecule has 0 aromatic heterocycles. The van der Waals surface area contributed by atoms with Crippen LogP contribution in [0.3, 0.4) is 0 Å². The fourth-order valence-electron chi connectivity index (χ4n) is 2.76. The molecular formula is C10H18O2. The van der Waals surface area contributed by atoms with Gasteiger partial charge in [0, 0.05) is 6.42 Å². The van der Waals surface area contributed by atoms with Crippen molar-refractivity contribution in [1.29, 1.82) is 0 Å². The number of ether oxygens (including phenoxy) is 1. The van der Waals surface area contributed by atoms with E-state index in [4.69, 9.17) is 9.84 Å². The van der Waals surface area contributed by atoms with Gasteiger partial charge in [-0.1, -0.05) is 19.3 Å². The second-order valence-corrected chi connectivity index (χ2v) is 4.63. The van der Waals surface area contributed by atoms with Crippen LogP contribution in [0.5, 0.6) is 0 Å². The zero-order valence-electron chi connectivity index (χ0n) is 7.81. The monoisotopic (exact) mass is 170 g/mol. The normalized spacial score (nSPS) is 39.5. The van der Waals surface area contributed by atoms with Gasteiger partial charge in [-0.25, -0.2) is 0 Å². The smallest absolute Gasteiger partial charge is 0.0919 e. The molecule has 1 saturated carbocycles. The van der Waals surface area contributed by atoms with Gasteiger partial charge in [-0.05, 0) is 19.8 Å². The number of hydrogen-bond acceptors (Lipinski definition) is 2. The van der Waals surface area contributed by atoms with Gasteiger partial charge in [0.25, 0.3) is 0 Å². The molecule has 0 bridgehead atoms. The van der Waals surface area contributed by atoms with Crippen molar-refractivity contribution in [2.75, 3.05) is 6.61 Å². The molecule has 2 aliphatic rings. The Labute approximate surface area is 73.9 Å². The van der Waals surface area contributed by atoms with E-state index in [-0.39, 0.29) is 17.8 Å². The van der Waals surface area contributed by atoms with E-state index < -0.39 is 0 Å². The molecule has 2 heteroatoms. The van der Waals surface area contributed by atoms with Gasteiger partial charge in [0.05, 0.1) is 17.8 Å². The summed E-state index contributed by atoms with van der Waals surface area (Å²) in [5.41, 5.74) is -0.0347. The van der Waals surface area contributed by atoms with Crippen molar-refractivity contribution < 1.29 is 9.84 Å². The third-order valence-corrected chi connectivity index (χ3v) is 3.26. The van der Waals surface area contributed by atoms with Crippen LogP contribution in [-0.4, -0.2) is 22.9 Å². The van der Waals surface area contributed by atoms with E-state index in [2.05, 4.69) is 0 Å². The van der Waals surface area contributed by atoms with E-state index in [0.717, 1.165) is 6.42 Å². The Morgan fingerprint density at radius 3 is 2.33 bits per heavy atom. The molecule has 0 aromatic rings. The minimum atomic E-state index is -0.211. The highest BCUT2D eigenvalue weighted by molar-refractivity contribution is 5.02. The molecule has 2 fully saturated rings. The molecule has 2 nitrogen and oxygen atoms in total. The van der Waals surface area contributed by atoms with Gasteiger partial charge in [-0.15, -0.1) is 0 Å². The van der Waals surface area contributed by atoms with Gasteiger partial charge in [-0.2, -0.15) is 0 Å². The Morgan fingerprint density at radius 1 is 1.25 bits per heavy atom. The van der Waals surface area contributed by atoms with Gasteiger partial charge < -0.3 is 9.84 Å². The summed E-state index contributed by atoms with van der Waals surface area (Å²) in [7, 11) is 0. The van der Waals surface area contributed by atoms with Crippen molar-refractivity contribution in [3.8, 4) is 0 Å². The second-order valence-electron chi connectivity index (χ2n) is 4.63. The first-order valence-electron chi connectivity index (χ1n) is 4.99. The van der Waals surface area contributed by atoms with Crippen molar-refractivity contribution in [2.45, 2.75) is 56.7 Å². The first-order chi connectivity index (χ1) is 5.68. The van der Waals surface area contributed by atoms with Gasteiger partial charge >= 0.3 is 0 Å². The molecule has 0 radical (unpaired) electrons. The van der Waals surface area contributed by atoms with Crippen LogP contribution >= 0.6 is 0 Å². The third kappa shape index (κ3) is 1.27. The number of hydrogen-bond donors (Lipinski definition) is 1. The molecule has 0 amide bonds. The van der Waals surface area contributed by atoms with E-state index in [1.807, 2.05) is 6.92 Å². The standard InChI is InChI=1S/C10H18O2/c1-9(8-11)7-10(12-9)5-3-2-4-6-10/h11H,2-8H2,1H3. The Kier molecular flexibility index (Phi) is 1.92. The Balaban J connectivity index is 1.92. The topological polar surface area (TPSA) is 29.5 Å². The molecule has 1 aliphatic heterocycles. The van der Waals surface area contributed by atoms with Crippen LogP contribution < -0.4 is 0 Å². The molecule has 12 heavy (non-hydrogen) atoms. The van der Waals surface area contributed by atoms with Gasteiger partial charge in [0.15, 0.2) is 0 Å². The van der Waals surface area contributed by atoms with Crippen LogP contribution in [0.15, 0.2) is 0 Å². The summed E-state index contributed by atoms with van der Waals surface area (Å²) in [4.78, 5) is 0. The summed E-state index contributed by atoms with van der Waals surface area (Å²) < 4.78 is 5.85. The van der Waals surface area contributed by atoms with Crippen molar-refractivity contribution in [3.05, 3.63) is 0 Å². The number of aliphatic hydroxyl groups excluding tert-OH is 1. The predicted octanol–water partition coefficient (Wildman–Crippen LogP) is 1.86. The van der Waals surface area contributed by atoms with Gasteiger partial charge in [0.1, 0.15) is 0 Å². The van der Waals surface area contributed by atoms with E-state index in [1.165, 1.54) is 32.1 Å². The molecule has 1 heterocycles. The average molecular weight is 170 g/mol. The Bertz CT molecular complexity index is 163. The molecule has 1 spiro atoms. The van der Waals surface area contributed by atoms with Crippen molar-refractivity contribution >= 4 is 0 Å². The number of rotatable bonds is 1. The summed E-state index contributed by atoms with van der Waals surface area (Å²) in [6.07, 6.45) is 7.46. The largest absolute Gasteiger partial charge is 0.393 e. The highest BCUT2D eigenvalue weighted by Gasteiger charge is 2.52. The fraction of sp³-hybridized carbons (Fsp3) is 1.00. The van der Waals surface area contributed by atoms with E-state index in [0.29, 0.717) is 0 Å². The summed E-state index contributed by atoms with van der Waals surface area (Å²) in [5.74, 6) is 0. The summed E-state index contributed by atoms with van der Waals surface area (Å²) in [6.45, 7) is 2.18. The first kappa shape index (κ1) is 8.52. The third-order valence-electron chi connectivity index (χ3n) is 3.26. The van der Waals surface area contributed by atoms with Crippen molar-refractivity contribution in [2.24, 2.45) is 0 Å². The fourth-order valence-corrected chi connectivity index (χ4v) is 2.76. The molecule has 1 aliphatic carbocycles. The van der Waals surface area contributed by atoms with Crippen molar-refractivity contribution in [1.82, 2.24) is 0 Å². The molecule has 1 saturated heterocycles. The van der Waals surface area contributed by atoms with Gasteiger partial charge in [-0.3, -0.25) is 0 Å². The maximum atomic E-state index is 9.03. The molecule has 2 rings (SSSR count). The van der Waals surface area contributed by atoms with E-state index in [1.54, 1.807) is 0 Å². The lowest BCUT2D eigenvalue weighted by molar-refractivity contribution is -0.287. The predicted molar refractivity (Wildman–Crippen MR) is 47.0 cm³/mol. The highest BCUT2D eigenvalue weighted by Crippen LogP contribution is 2.49. The molecule has 1 atom stereocenters. The lowest BCUT2D eigenvalue weighted by atomic mass is 9.72. The van der Waals surface area contributed by atoms with Crippen molar-refractivity contribution in [3.63, 3.8) is 0 Å². The maximum absolute atomic E-state index is 9.03. The minimum absolute atomic E-state index is 0.175. The Hall–Kier alpha value is -0.0800. The van der Waals surface area contributed by atoms with Crippen LogP contribution in [0, 0.1) is 0 Å². The Morgan fingerprint density at radius 2 is 1.83 bits per heavy atom. The van der Waals surface area contributed by atoms with Crippen LogP contribution in [-0.2, 0) is 4.74 Å². The summed E-state index contributed by atoms with van der Waals surface area (Å²) in [6, 6.07) is 0. The van der Waals surface area contributed by atoms with E-state index in [9.17, 15) is 0 Å². The lowest BCUT2D eigenvalue weighted by Crippen LogP contribution is -2.60. The maximum Gasteiger partial charge on any atom is 0.0919 e. The van der Waals surface area contributed by atoms with E-state index >= 15 is 0 Å². The molecule has 1 N–H and O–H groups in total. The van der Waals surface area contributed by atoms with Gasteiger partial charge in [0.2, 0.25) is 0 Å². The number of aliphatic hydroxyl groups is 1. The molecule has 70 valence electrons. The average Bonchev–Trinajstić information content (AvgIpc) is 2.04. The zero-order valence-corrected chi connectivity index (χ0v) is 7.81. The minimum Gasteiger partial charge on any atom is -0.393 e. The molecule has 1 unspecified atom stereocenters. The van der Waals surface area contributed by atoms with Crippen LogP contribution in [0.4, 0.5) is 0 Å². The highest BCUT2D eigenvalue weighted by atomic mass is 16.6. The quantitative estimate of drug-likeness (QED) is 0.651. The lowest BCUT2D eigenvalue weighted by Gasteiger charge is -2.56.